The number of ketones is 1. The summed E-state index contributed by atoms with van der Waals surface area (Å²) in [6.45, 7) is 1.17. The monoisotopic (exact) mass is 289 g/mol. The molecular weight excluding hydrogens is 265 g/mol. The molecule has 0 spiro atoms. The maximum atomic E-state index is 12.8. The lowest BCUT2D eigenvalue weighted by Gasteiger charge is -2.28. The first-order valence-electron chi connectivity index (χ1n) is 8.26. The van der Waals surface area contributed by atoms with Gasteiger partial charge < -0.3 is 5.32 Å². The summed E-state index contributed by atoms with van der Waals surface area (Å²) in [6.07, 6.45) is 8.08. The van der Waals surface area contributed by atoms with E-state index in [2.05, 4.69) is 5.32 Å². The van der Waals surface area contributed by atoms with E-state index in [-0.39, 0.29) is 11.6 Å². The van der Waals surface area contributed by atoms with Crippen molar-refractivity contribution in [1.82, 2.24) is 5.32 Å². The van der Waals surface area contributed by atoms with Gasteiger partial charge in [0.1, 0.15) is 5.82 Å². The van der Waals surface area contributed by atoms with Crippen LogP contribution in [0, 0.1) is 17.7 Å². The third-order valence-electron chi connectivity index (χ3n) is 5.21. The molecule has 1 N–H and O–H groups in total. The number of halogens is 1. The third-order valence-corrected chi connectivity index (χ3v) is 5.21. The minimum absolute atomic E-state index is 0.133. The lowest BCUT2D eigenvalue weighted by Crippen LogP contribution is -2.28. The molecule has 3 unspecified atom stereocenters. The summed E-state index contributed by atoms with van der Waals surface area (Å²) < 4.78 is 12.8. The van der Waals surface area contributed by atoms with Crippen molar-refractivity contribution in [2.75, 3.05) is 6.54 Å². The van der Waals surface area contributed by atoms with E-state index in [0.717, 1.165) is 24.7 Å². The summed E-state index contributed by atoms with van der Waals surface area (Å²) in [5.41, 5.74) is 0.631. The summed E-state index contributed by atoms with van der Waals surface area (Å²) in [5, 5.41) is 3.66. The van der Waals surface area contributed by atoms with Crippen LogP contribution in [0.2, 0.25) is 0 Å². The molecule has 0 bridgehead atoms. The van der Waals surface area contributed by atoms with Gasteiger partial charge in [-0.25, -0.2) is 4.39 Å². The molecule has 2 nitrogen and oxygen atoms in total. The number of hydrogen-bond donors (Lipinski definition) is 1. The molecule has 3 heteroatoms. The number of carbonyl (C=O) groups excluding carboxylic acids is 1. The first kappa shape index (κ1) is 14.7. The summed E-state index contributed by atoms with van der Waals surface area (Å²) in [4.78, 5) is 12.1. The minimum atomic E-state index is -0.287. The van der Waals surface area contributed by atoms with Gasteiger partial charge in [-0.1, -0.05) is 12.8 Å². The van der Waals surface area contributed by atoms with E-state index < -0.39 is 0 Å². The van der Waals surface area contributed by atoms with Gasteiger partial charge in [-0.05, 0) is 68.3 Å². The molecule has 3 atom stereocenters. The topological polar surface area (TPSA) is 29.1 Å². The second-order valence-electron chi connectivity index (χ2n) is 6.55. The summed E-state index contributed by atoms with van der Waals surface area (Å²) >= 11 is 0. The lowest BCUT2D eigenvalue weighted by atomic mass is 9.77. The van der Waals surface area contributed by atoms with Crippen molar-refractivity contribution in [3.05, 3.63) is 35.6 Å². The van der Waals surface area contributed by atoms with Crippen LogP contribution in [-0.2, 0) is 0 Å². The van der Waals surface area contributed by atoms with Crippen LogP contribution < -0.4 is 5.32 Å². The van der Waals surface area contributed by atoms with E-state index in [9.17, 15) is 9.18 Å². The lowest BCUT2D eigenvalue weighted by molar-refractivity contribution is 0.0977. The van der Waals surface area contributed by atoms with Crippen molar-refractivity contribution in [2.24, 2.45) is 11.8 Å². The van der Waals surface area contributed by atoms with Gasteiger partial charge in [0.05, 0.1) is 0 Å². The largest absolute Gasteiger partial charge is 0.313 e. The molecule has 1 aliphatic carbocycles. The Hall–Kier alpha value is -1.22. The van der Waals surface area contributed by atoms with Crippen LogP contribution in [0.3, 0.4) is 0 Å². The molecule has 1 aromatic carbocycles. The Morgan fingerprint density at radius 1 is 1.19 bits per heavy atom. The van der Waals surface area contributed by atoms with E-state index in [4.69, 9.17) is 0 Å². The van der Waals surface area contributed by atoms with Crippen LogP contribution in [0.25, 0.3) is 0 Å². The molecule has 1 saturated heterocycles. The Bertz CT molecular complexity index is 484. The molecule has 1 aliphatic heterocycles. The van der Waals surface area contributed by atoms with Crippen molar-refractivity contribution in [2.45, 2.75) is 51.0 Å². The van der Waals surface area contributed by atoms with E-state index in [1.165, 1.54) is 44.4 Å². The van der Waals surface area contributed by atoms with Crippen LogP contribution in [0.1, 0.15) is 55.3 Å². The van der Waals surface area contributed by atoms with Crippen LogP contribution in [0.4, 0.5) is 4.39 Å². The van der Waals surface area contributed by atoms with Crippen molar-refractivity contribution < 1.29 is 9.18 Å². The normalized spacial score (nSPS) is 28.3. The minimum Gasteiger partial charge on any atom is -0.313 e. The highest BCUT2D eigenvalue weighted by atomic mass is 19.1. The number of fused-ring (bicyclic) bond motifs is 1. The van der Waals surface area contributed by atoms with Gasteiger partial charge in [-0.15, -0.1) is 0 Å². The van der Waals surface area contributed by atoms with Crippen LogP contribution in [-0.4, -0.2) is 18.4 Å². The molecule has 1 aromatic rings. The number of hydrogen-bond acceptors (Lipinski definition) is 2. The van der Waals surface area contributed by atoms with Gasteiger partial charge in [0.2, 0.25) is 0 Å². The van der Waals surface area contributed by atoms with E-state index in [0.29, 0.717) is 18.0 Å². The first-order chi connectivity index (χ1) is 10.2. The fourth-order valence-electron chi connectivity index (χ4n) is 4.05. The third kappa shape index (κ3) is 3.52. The highest BCUT2D eigenvalue weighted by Gasteiger charge is 2.36. The zero-order valence-electron chi connectivity index (χ0n) is 12.5. The fraction of sp³-hybridized carbons (Fsp3) is 0.611. The van der Waals surface area contributed by atoms with Crippen molar-refractivity contribution >= 4 is 5.78 Å². The second-order valence-corrected chi connectivity index (χ2v) is 6.55. The summed E-state index contributed by atoms with van der Waals surface area (Å²) in [5.74, 6) is 1.55. The fourth-order valence-corrected chi connectivity index (χ4v) is 4.05. The predicted molar refractivity (Wildman–Crippen MR) is 81.8 cm³/mol. The molecule has 21 heavy (non-hydrogen) atoms. The number of Topliss-reactive ketones (excluding diaryl/α,β-unsaturated/α-hetero) is 1. The smallest absolute Gasteiger partial charge is 0.162 e. The number of rotatable bonds is 5. The van der Waals surface area contributed by atoms with Gasteiger partial charge >= 0.3 is 0 Å². The van der Waals surface area contributed by atoms with Gasteiger partial charge in [-0.2, -0.15) is 0 Å². The van der Waals surface area contributed by atoms with Crippen molar-refractivity contribution in [3.8, 4) is 0 Å². The Balaban J connectivity index is 1.45. The van der Waals surface area contributed by atoms with Gasteiger partial charge in [0.25, 0.3) is 0 Å². The average molecular weight is 289 g/mol. The van der Waals surface area contributed by atoms with Gasteiger partial charge in [-0.3, -0.25) is 4.79 Å². The van der Waals surface area contributed by atoms with E-state index in [1.807, 2.05) is 0 Å². The second kappa shape index (κ2) is 6.69. The quantitative estimate of drug-likeness (QED) is 0.831. The van der Waals surface area contributed by atoms with Crippen molar-refractivity contribution in [3.63, 3.8) is 0 Å². The molecule has 2 fully saturated rings. The Kier molecular flexibility index (Phi) is 4.69. The molecule has 2 aliphatic rings. The van der Waals surface area contributed by atoms with Crippen LogP contribution in [0.5, 0.6) is 0 Å². The number of benzene rings is 1. The Morgan fingerprint density at radius 2 is 1.95 bits per heavy atom. The first-order valence-corrected chi connectivity index (χ1v) is 8.26. The molecule has 1 saturated carbocycles. The predicted octanol–water partition coefficient (Wildman–Crippen LogP) is 3.96. The Labute approximate surface area is 126 Å². The van der Waals surface area contributed by atoms with Crippen LogP contribution >= 0.6 is 0 Å². The van der Waals surface area contributed by atoms with Crippen LogP contribution in [0.15, 0.2) is 24.3 Å². The zero-order chi connectivity index (χ0) is 14.7. The molecule has 0 amide bonds. The van der Waals surface area contributed by atoms with E-state index >= 15 is 0 Å². The average Bonchev–Trinajstić information content (AvgIpc) is 2.91. The van der Waals surface area contributed by atoms with Crippen molar-refractivity contribution in [1.29, 1.82) is 0 Å². The van der Waals surface area contributed by atoms with E-state index in [1.54, 1.807) is 12.1 Å². The van der Waals surface area contributed by atoms with Gasteiger partial charge in [0.15, 0.2) is 5.78 Å². The molecule has 0 radical (unpaired) electrons. The molecule has 0 aromatic heterocycles. The highest BCUT2D eigenvalue weighted by Crippen LogP contribution is 2.37. The number of nitrogens with one attached hydrogen (secondary N) is 1. The molecule has 1 heterocycles. The SMILES string of the molecule is O=C(CCCC1NCC2CCCCC21)c1ccc(F)cc1. The van der Waals surface area contributed by atoms with Gasteiger partial charge in [0, 0.05) is 18.0 Å². The maximum Gasteiger partial charge on any atom is 0.162 e. The summed E-state index contributed by atoms with van der Waals surface area (Å²) in [6, 6.07) is 6.50. The molecule has 114 valence electrons. The zero-order valence-corrected chi connectivity index (χ0v) is 12.5. The Morgan fingerprint density at radius 3 is 2.76 bits per heavy atom. The summed E-state index contributed by atoms with van der Waals surface area (Å²) in [7, 11) is 0. The molecular formula is C18H24FNO. The number of carbonyl (C=O) groups is 1. The standard InChI is InChI=1S/C18H24FNO/c19-15-10-8-13(9-11-15)18(21)7-3-6-17-16-5-2-1-4-14(16)12-20-17/h8-11,14,16-17,20H,1-7,12H2. The maximum absolute atomic E-state index is 12.8. The molecule has 3 rings (SSSR count). The highest BCUT2D eigenvalue weighted by molar-refractivity contribution is 5.95.